The van der Waals surface area contributed by atoms with Crippen LogP contribution in [0.1, 0.15) is 46.8 Å². The van der Waals surface area contributed by atoms with E-state index in [1.165, 1.54) is 18.1 Å². The highest BCUT2D eigenvalue weighted by atomic mass is 16.5. The van der Waals surface area contributed by atoms with Crippen LogP contribution in [0.25, 0.3) is 0 Å². The van der Waals surface area contributed by atoms with E-state index in [2.05, 4.69) is 31.3 Å². The second-order valence-corrected chi connectivity index (χ2v) is 7.57. The lowest BCUT2D eigenvalue weighted by molar-refractivity contribution is -0.114. The van der Waals surface area contributed by atoms with Crippen molar-refractivity contribution >= 4 is 17.5 Å². The molecule has 1 saturated heterocycles. The van der Waals surface area contributed by atoms with Crippen molar-refractivity contribution in [1.82, 2.24) is 4.90 Å². The fraction of sp³-hybridized carbons (Fsp3) is 0.391. The number of nitrogens with zero attached hydrogens (tertiary/aromatic N) is 1. The highest BCUT2D eigenvalue weighted by Gasteiger charge is 2.25. The van der Waals surface area contributed by atoms with Crippen LogP contribution in [-0.4, -0.2) is 35.9 Å². The zero-order valence-corrected chi connectivity index (χ0v) is 17.0. The summed E-state index contributed by atoms with van der Waals surface area (Å²) in [5.41, 5.74) is 4.70. The molecular weight excluding hydrogens is 352 g/mol. The van der Waals surface area contributed by atoms with Crippen molar-refractivity contribution in [1.29, 1.82) is 0 Å². The first-order valence-electron chi connectivity index (χ1n) is 9.75. The molecule has 1 aliphatic heterocycles. The van der Waals surface area contributed by atoms with E-state index in [0.717, 1.165) is 24.2 Å². The molecule has 1 aliphatic rings. The molecule has 0 aliphatic carbocycles. The van der Waals surface area contributed by atoms with Crippen LogP contribution in [-0.2, 0) is 4.79 Å². The molecule has 5 nitrogen and oxygen atoms in total. The van der Waals surface area contributed by atoms with Gasteiger partial charge in [-0.3, -0.25) is 9.59 Å². The van der Waals surface area contributed by atoms with Crippen molar-refractivity contribution in [3.8, 4) is 5.75 Å². The molecular formula is C23H28N2O3. The molecule has 148 valence electrons. The summed E-state index contributed by atoms with van der Waals surface area (Å²) in [6.45, 7) is 8.88. The van der Waals surface area contributed by atoms with Crippen molar-refractivity contribution < 1.29 is 14.3 Å². The largest absolute Gasteiger partial charge is 0.490 e. The molecule has 0 atom stereocenters. The normalized spacial score (nSPS) is 14.6. The van der Waals surface area contributed by atoms with Crippen LogP contribution in [0.15, 0.2) is 36.4 Å². The summed E-state index contributed by atoms with van der Waals surface area (Å²) in [7, 11) is 0. The van der Waals surface area contributed by atoms with Gasteiger partial charge < -0.3 is 15.0 Å². The Morgan fingerprint density at radius 2 is 1.64 bits per heavy atom. The lowest BCUT2D eigenvalue weighted by atomic mass is 10.0. The Bertz CT molecular complexity index is 883. The van der Waals surface area contributed by atoms with Crippen LogP contribution >= 0.6 is 0 Å². The molecule has 28 heavy (non-hydrogen) atoms. The maximum atomic E-state index is 12.9. The Morgan fingerprint density at radius 1 is 0.964 bits per heavy atom. The van der Waals surface area contributed by atoms with Crippen LogP contribution < -0.4 is 10.1 Å². The Morgan fingerprint density at radius 3 is 2.29 bits per heavy atom. The molecule has 2 aromatic carbocycles. The molecule has 0 bridgehead atoms. The summed E-state index contributed by atoms with van der Waals surface area (Å²) in [4.78, 5) is 26.1. The molecule has 0 radical (unpaired) electrons. The van der Waals surface area contributed by atoms with Gasteiger partial charge in [0.1, 0.15) is 11.9 Å². The van der Waals surface area contributed by atoms with Gasteiger partial charge in [0.25, 0.3) is 5.91 Å². The minimum Gasteiger partial charge on any atom is -0.490 e. The maximum absolute atomic E-state index is 12.9. The zero-order chi connectivity index (χ0) is 20.3. The van der Waals surface area contributed by atoms with Gasteiger partial charge in [0.15, 0.2) is 0 Å². The fourth-order valence-electron chi connectivity index (χ4n) is 3.42. The van der Waals surface area contributed by atoms with Crippen LogP contribution in [0.3, 0.4) is 0 Å². The highest BCUT2D eigenvalue weighted by Crippen LogP contribution is 2.23. The minimum atomic E-state index is -0.142. The number of amides is 2. The number of aryl methyl sites for hydroxylation is 3. The monoisotopic (exact) mass is 380 g/mol. The van der Waals surface area contributed by atoms with Gasteiger partial charge in [0, 0.05) is 44.1 Å². The number of hydrogen-bond acceptors (Lipinski definition) is 3. The SMILES string of the molecule is CC(=O)Nc1cc(C(=O)N2CCC(Oc3ccc(C)c(C)c3)CC2)ccc1C. The number of anilines is 1. The van der Waals surface area contributed by atoms with Crippen LogP contribution in [0.4, 0.5) is 5.69 Å². The van der Waals surface area contributed by atoms with E-state index in [1.54, 1.807) is 6.07 Å². The van der Waals surface area contributed by atoms with Gasteiger partial charge in [-0.15, -0.1) is 0 Å². The molecule has 0 aromatic heterocycles. The van der Waals surface area contributed by atoms with E-state index in [9.17, 15) is 9.59 Å². The molecule has 0 unspecified atom stereocenters. The molecule has 5 heteroatoms. The predicted octanol–water partition coefficient (Wildman–Crippen LogP) is 4.25. The Labute approximate surface area is 166 Å². The van der Waals surface area contributed by atoms with Gasteiger partial charge in [0.2, 0.25) is 5.91 Å². The molecule has 1 fully saturated rings. The average molecular weight is 380 g/mol. The molecule has 3 rings (SSSR count). The number of nitrogens with one attached hydrogen (secondary N) is 1. The summed E-state index contributed by atoms with van der Waals surface area (Å²) in [6.07, 6.45) is 1.74. The van der Waals surface area contributed by atoms with E-state index in [1.807, 2.05) is 30.0 Å². The van der Waals surface area contributed by atoms with E-state index in [-0.39, 0.29) is 17.9 Å². The second kappa shape index (κ2) is 8.46. The number of benzene rings is 2. The number of carbonyl (C=O) groups excluding carboxylic acids is 2. The third kappa shape index (κ3) is 4.71. The number of ether oxygens (including phenoxy) is 1. The van der Waals surface area contributed by atoms with Crippen molar-refractivity contribution in [3.63, 3.8) is 0 Å². The molecule has 2 amide bonds. The lowest BCUT2D eigenvalue weighted by Crippen LogP contribution is -2.41. The first-order valence-corrected chi connectivity index (χ1v) is 9.75. The Hall–Kier alpha value is -2.82. The first kappa shape index (κ1) is 19.9. The summed E-state index contributed by atoms with van der Waals surface area (Å²) in [5, 5.41) is 2.78. The summed E-state index contributed by atoms with van der Waals surface area (Å²) >= 11 is 0. The third-order valence-electron chi connectivity index (χ3n) is 5.31. The van der Waals surface area contributed by atoms with Gasteiger partial charge in [0.05, 0.1) is 0 Å². The topological polar surface area (TPSA) is 58.6 Å². The summed E-state index contributed by atoms with van der Waals surface area (Å²) in [5.74, 6) is 0.750. The maximum Gasteiger partial charge on any atom is 0.253 e. The summed E-state index contributed by atoms with van der Waals surface area (Å²) < 4.78 is 6.12. The number of hydrogen-bond donors (Lipinski definition) is 1. The van der Waals surface area contributed by atoms with Crippen LogP contribution in [0.5, 0.6) is 5.75 Å². The van der Waals surface area contributed by atoms with Crippen molar-refractivity contribution in [2.75, 3.05) is 18.4 Å². The average Bonchev–Trinajstić information content (AvgIpc) is 2.66. The molecule has 2 aromatic rings. The number of carbonyl (C=O) groups is 2. The second-order valence-electron chi connectivity index (χ2n) is 7.57. The van der Waals surface area contributed by atoms with E-state index in [4.69, 9.17) is 4.74 Å². The molecule has 0 spiro atoms. The van der Waals surface area contributed by atoms with E-state index in [0.29, 0.717) is 24.3 Å². The zero-order valence-electron chi connectivity index (χ0n) is 17.0. The first-order chi connectivity index (χ1) is 13.3. The van der Waals surface area contributed by atoms with Crippen LogP contribution in [0, 0.1) is 20.8 Å². The van der Waals surface area contributed by atoms with Crippen molar-refractivity contribution in [3.05, 3.63) is 58.7 Å². The third-order valence-corrected chi connectivity index (χ3v) is 5.31. The predicted molar refractivity (Wildman–Crippen MR) is 111 cm³/mol. The number of piperidine rings is 1. The Kier molecular flexibility index (Phi) is 6.02. The minimum absolute atomic E-state index is 0.00349. The van der Waals surface area contributed by atoms with Gasteiger partial charge in [-0.05, 0) is 61.7 Å². The van der Waals surface area contributed by atoms with Gasteiger partial charge in [-0.25, -0.2) is 0 Å². The molecule has 0 saturated carbocycles. The van der Waals surface area contributed by atoms with E-state index >= 15 is 0 Å². The highest BCUT2D eigenvalue weighted by molar-refractivity contribution is 5.97. The standard InChI is InChI=1S/C23H28N2O3/c1-15-6-8-21(13-17(15)3)28-20-9-11-25(12-10-20)23(27)19-7-5-16(2)22(14-19)24-18(4)26/h5-8,13-14,20H,9-12H2,1-4H3,(H,24,26). The van der Waals surface area contributed by atoms with Gasteiger partial charge >= 0.3 is 0 Å². The number of rotatable bonds is 4. The lowest BCUT2D eigenvalue weighted by Gasteiger charge is -2.32. The van der Waals surface area contributed by atoms with Gasteiger partial charge in [-0.2, -0.15) is 0 Å². The van der Waals surface area contributed by atoms with E-state index < -0.39 is 0 Å². The Balaban J connectivity index is 1.60. The fourth-order valence-corrected chi connectivity index (χ4v) is 3.42. The quantitative estimate of drug-likeness (QED) is 0.862. The number of likely N-dealkylation sites (tertiary alicyclic amines) is 1. The summed E-state index contributed by atoms with van der Waals surface area (Å²) in [6, 6.07) is 11.6. The molecule has 1 N–H and O–H groups in total. The smallest absolute Gasteiger partial charge is 0.253 e. The van der Waals surface area contributed by atoms with Gasteiger partial charge in [-0.1, -0.05) is 12.1 Å². The van der Waals surface area contributed by atoms with Crippen molar-refractivity contribution in [2.45, 2.75) is 46.6 Å². The van der Waals surface area contributed by atoms with Crippen molar-refractivity contribution in [2.24, 2.45) is 0 Å². The molecule has 1 heterocycles. The van der Waals surface area contributed by atoms with Crippen LogP contribution in [0.2, 0.25) is 0 Å².